The molecule has 2 heterocycles. The lowest BCUT2D eigenvalue weighted by Crippen LogP contribution is -2.30. The molecule has 0 spiro atoms. The van der Waals surface area contributed by atoms with Crippen molar-refractivity contribution in [1.29, 1.82) is 0 Å². The molecule has 12 heteroatoms. The van der Waals surface area contributed by atoms with Crippen molar-refractivity contribution in [2.75, 3.05) is 56.8 Å². The van der Waals surface area contributed by atoms with Gasteiger partial charge in [0, 0.05) is 32.4 Å². The number of hydrogen-bond donors (Lipinski definition) is 3. The van der Waals surface area contributed by atoms with Crippen LogP contribution in [0.5, 0.6) is 5.75 Å². The highest BCUT2D eigenvalue weighted by molar-refractivity contribution is 6.43. The van der Waals surface area contributed by atoms with Crippen molar-refractivity contribution in [1.82, 2.24) is 19.8 Å². The number of hydrogen-bond acceptors (Lipinski definition) is 9. The minimum absolute atomic E-state index is 0.176. The standard InChI is InChI=1S/C30H34ClN7O4/c1-37(2)29(41)27(40)21-10-5-6-11-23(21)34-28-22(31)19-32-30(36-28)35-24-18-20(13-14-25(24)42-3)33-26(39)12-9-17-38-15-7-4-8-16-38/h5-6,9-14,18-19H,4,7-8,15-17H2,1-3H3,(H,33,39)(H2,32,34,35,36)/b12-9+. The van der Waals surface area contributed by atoms with Gasteiger partial charge >= 0.3 is 0 Å². The predicted molar refractivity (Wildman–Crippen MR) is 164 cm³/mol. The van der Waals surface area contributed by atoms with Gasteiger partial charge in [0.05, 0.1) is 30.2 Å². The smallest absolute Gasteiger partial charge is 0.294 e. The van der Waals surface area contributed by atoms with Crippen LogP contribution >= 0.6 is 11.6 Å². The number of benzene rings is 2. The molecule has 3 N–H and O–H groups in total. The summed E-state index contributed by atoms with van der Waals surface area (Å²) in [5.41, 5.74) is 1.60. The first-order valence-electron chi connectivity index (χ1n) is 13.5. The van der Waals surface area contributed by atoms with E-state index < -0.39 is 11.7 Å². The van der Waals surface area contributed by atoms with Gasteiger partial charge in [0.2, 0.25) is 11.9 Å². The largest absolute Gasteiger partial charge is 0.495 e. The summed E-state index contributed by atoms with van der Waals surface area (Å²) in [4.78, 5) is 49.8. The van der Waals surface area contributed by atoms with Crippen LogP contribution in [0.25, 0.3) is 0 Å². The molecular weight excluding hydrogens is 558 g/mol. The van der Waals surface area contributed by atoms with Crippen LogP contribution in [0.1, 0.15) is 29.6 Å². The number of halogens is 1. The molecule has 0 bridgehead atoms. The van der Waals surface area contributed by atoms with E-state index in [1.54, 1.807) is 48.5 Å². The molecule has 1 aliphatic rings. The van der Waals surface area contributed by atoms with Crippen molar-refractivity contribution in [2.45, 2.75) is 19.3 Å². The highest BCUT2D eigenvalue weighted by Crippen LogP contribution is 2.32. The minimum atomic E-state index is -0.670. The summed E-state index contributed by atoms with van der Waals surface area (Å²) < 4.78 is 5.48. The maximum atomic E-state index is 12.7. The maximum Gasteiger partial charge on any atom is 0.294 e. The second-order valence-corrected chi connectivity index (χ2v) is 10.3. The van der Waals surface area contributed by atoms with Crippen molar-refractivity contribution in [2.24, 2.45) is 0 Å². The van der Waals surface area contributed by atoms with Gasteiger partial charge in [-0.05, 0) is 56.3 Å². The van der Waals surface area contributed by atoms with Gasteiger partial charge < -0.3 is 25.6 Å². The Hall–Kier alpha value is -4.48. The normalized spacial score (nSPS) is 13.4. The fraction of sp³-hybridized carbons (Fsp3) is 0.300. The Balaban J connectivity index is 1.49. The number of Topliss-reactive ketones (excluding diaryl/α,β-unsaturated/α-hetero) is 1. The van der Waals surface area contributed by atoms with Crippen LogP contribution in [-0.2, 0) is 9.59 Å². The van der Waals surface area contributed by atoms with E-state index in [9.17, 15) is 14.4 Å². The van der Waals surface area contributed by atoms with E-state index in [1.165, 1.54) is 51.6 Å². The lowest BCUT2D eigenvalue weighted by molar-refractivity contribution is -0.124. The van der Waals surface area contributed by atoms with Crippen molar-refractivity contribution < 1.29 is 19.1 Å². The molecule has 2 amide bonds. The maximum absolute atomic E-state index is 12.7. The minimum Gasteiger partial charge on any atom is -0.495 e. The van der Waals surface area contributed by atoms with Crippen molar-refractivity contribution in [3.05, 3.63) is 71.4 Å². The molecule has 0 aliphatic carbocycles. The molecule has 0 radical (unpaired) electrons. The van der Waals surface area contributed by atoms with E-state index in [1.807, 2.05) is 6.08 Å². The molecule has 42 heavy (non-hydrogen) atoms. The van der Waals surface area contributed by atoms with E-state index in [2.05, 4.69) is 30.8 Å². The van der Waals surface area contributed by atoms with Crippen molar-refractivity contribution in [3.8, 4) is 5.75 Å². The van der Waals surface area contributed by atoms with Crippen LogP contribution < -0.4 is 20.7 Å². The van der Waals surface area contributed by atoms with Crippen LogP contribution in [0.2, 0.25) is 5.02 Å². The zero-order valence-corrected chi connectivity index (χ0v) is 24.6. The molecule has 0 atom stereocenters. The summed E-state index contributed by atoms with van der Waals surface area (Å²) >= 11 is 6.37. The summed E-state index contributed by atoms with van der Waals surface area (Å²) in [6, 6.07) is 11.7. The fourth-order valence-corrected chi connectivity index (χ4v) is 4.53. The Kier molecular flexibility index (Phi) is 10.5. The highest BCUT2D eigenvalue weighted by Gasteiger charge is 2.22. The third-order valence-corrected chi connectivity index (χ3v) is 6.84. The van der Waals surface area contributed by atoms with Gasteiger partial charge in [-0.25, -0.2) is 4.98 Å². The van der Waals surface area contributed by atoms with E-state index in [0.717, 1.165) is 19.6 Å². The van der Waals surface area contributed by atoms with Crippen LogP contribution in [0, 0.1) is 0 Å². The first-order valence-corrected chi connectivity index (χ1v) is 13.9. The van der Waals surface area contributed by atoms with Gasteiger partial charge in [0.1, 0.15) is 10.8 Å². The Morgan fingerprint density at radius 3 is 2.55 bits per heavy atom. The van der Waals surface area contributed by atoms with Crippen molar-refractivity contribution >= 4 is 58.0 Å². The van der Waals surface area contributed by atoms with E-state index in [-0.39, 0.29) is 28.3 Å². The van der Waals surface area contributed by atoms with Gasteiger partial charge in [-0.15, -0.1) is 0 Å². The second kappa shape index (κ2) is 14.4. The molecule has 1 saturated heterocycles. The van der Waals surface area contributed by atoms with Gasteiger partial charge in [0.25, 0.3) is 11.7 Å². The number of anilines is 5. The Morgan fingerprint density at radius 2 is 1.81 bits per heavy atom. The third kappa shape index (κ3) is 8.05. The summed E-state index contributed by atoms with van der Waals surface area (Å²) in [5.74, 6) is -0.668. The van der Waals surface area contributed by atoms with Crippen LogP contribution in [-0.4, -0.2) is 78.2 Å². The molecule has 4 rings (SSSR count). The molecule has 2 aromatic carbocycles. The molecule has 1 aliphatic heterocycles. The number of carbonyl (C=O) groups excluding carboxylic acids is 3. The summed E-state index contributed by atoms with van der Waals surface area (Å²) in [7, 11) is 4.55. The highest BCUT2D eigenvalue weighted by atomic mass is 35.5. The Bertz CT molecular complexity index is 1470. The number of piperidine rings is 1. The molecule has 0 unspecified atom stereocenters. The zero-order valence-electron chi connectivity index (χ0n) is 23.8. The number of ketones is 1. The number of carbonyl (C=O) groups is 3. The monoisotopic (exact) mass is 591 g/mol. The third-order valence-electron chi connectivity index (χ3n) is 6.56. The van der Waals surface area contributed by atoms with Gasteiger partial charge in [-0.1, -0.05) is 36.2 Å². The summed E-state index contributed by atoms with van der Waals surface area (Å²) in [6.07, 6.45) is 8.48. The number of likely N-dealkylation sites (N-methyl/N-ethyl adjacent to an activating group) is 1. The summed E-state index contributed by atoms with van der Waals surface area (Å²) in [5, 5.41) is 9.20. The average molecular weight is 592 g/mol. The topological polar surface area (TPSA) is 129 Å². The van der Waals surface area contributed by atoms with Gasteiger partial charge in [-0.3, -0.25) is 19.3 Å². The number of para-hydroxylation sites is 1. The number of rotatable bonds is 11. The number of methoxy groups -OCH3 is 1. The fourth-order valence-electron chi connectivity index (χ4n) is 4.39. The quantitative estimate of drug-likeness (QED) is 0.162. The lowest BCUT2D eigenvalue weighted by atomic mass is 10.1. The second-order valence-electron chi connectivity index (χ2n) is 9.88. The Morgan fingerprint density at radius 1 is 1.05 bits per heavy atom. The number of aromatic nitrogens is 2. The number of amides is 2. The first kappa shape index (κ1) is 30.5. The number of nitrogens with zero attached hydrogens (tertiary/aromatic N) is 4. The van der Waals surface area contributed by atoms with E-state index in [0.29, 0.717) is 22.8 Å². The number of likely N-dealkylation sites (tertiary alicyclic amines) is 1. The van der Waals surface area contributed by atoms with Crippen LogP contribution in [0.4, 0.5) is 28.8 Å². The van der Waals surface area contributed by atoms with Crippen LogP contribution in [0.15, 0.2) is 60.8 Å². The molecule has 1 fully saturated rings. The van der Waals surface area contributed by atoms with Gasteiger partial charge in [0.15, 0.2) is 5.82 Å². The molecule has 3 aromatic rings. The lowest BCUT2D eigenvalue weighted by Gasteiger charge is -2.24. The molecule has 11 nitrogen and oxygen atoms in total. The SMILES string of the molecule is COc1ccc(NC(=O)/C=C/CN2CCCCC2)cc1Nc1ncc(Cl)c(Nc2ccccc2C(=O)C(=O)N(C)C)n1. The van der Waals surface area contributed by atoms with Crippen molar-refractivity contribution in [3.63, 3.8) is 0 Å². The molecular formula is C30H34ClN7O4. The Labute approximate surface area is 249 Å². The molecule has 1 aromatic heterocycles. The molecule has 0 saturated carbocycles. The molecule has 220 valence electrons. The summed E-state index contributed by atoms with van der Waals surface area (Å²) in [6.45, 7) is 2.87. The number of ether oxygens (including phenoxy) is 1. The number of nitrogens with one attached hydrogen (secondary N) is 3. The zero-order chi connectivity index (χ0) is 30.1. The first-order chi connectivity index (χ1) is 20.2. The average Bonchev–Trinajstić information content (AvgIpc) is 2.99. The van der Waals surface area contributed by atoms with E-state index >= 15 is 0 Å². The predicted octanol–water partition coefficient (Wildman–Crippen LogP) is 4.88. The van der Waals surface area contributed by atoms with E-state index in [4.69, 9.17) is 16.3 Å². The van der Waals surface area contributed by atoms with Crippen LogP contribution in [0.3, 0.4) is 0 Å². The van der Waals surface area contributed by atoms with Gasteiger partial charge in [-0.2, -0.15) is 4.98 Å².